The van der Waals surface area contributed by atoms with Crippen LogP contribution in [0.5, 0.6) is 0 Å². The molecule has 0 amide bonds. The Bertz CT molecular complexity index is 868. The fourth-order valence-corrected chi connectivity index (χ4v) is 2.28. The zero-order chi connectivity index (χ0) is 17.6. The summed E-state index contributed by atoms with van der Waals surface area (Å²) < 4.78 is 9.97. The predicted molar refractivity (Wildman–Crippen MR) is 94.1 cm³/mol. The molecule has 3 rings (SSSR count). The molecule has 2 aromatic heterocycles. The van der Waals surface area contributed by atoms with Gasteiger partial charge in [0.15, 0.2) is 0 Å². The van der Waals surface area contributed by atoms with E-state index in [0.29, 0.717) is 34.5 Å². The standard InChI is InChI=1S/C17H15ClN4O3/c1-24-17(23)11-4-5-13(18)14(7-11)22-16-8-15(20-10-21-16)19-9-12-3-2-6-25-12/h2-8,10H,9H2,1H3,(H2,19,20,21,22). The largest absolute Gasteiger partial charge is 0.467 e. The number of anilines is 3. The second-order valence-electron chi connectivity index (χ2n) is 5.03. The number of nitrogens with zero attached hydrogens (tertiary/aromatic N) is 2. The van der Waals surface area contributed by atoms with Gasteiger partial charge < -0.3 is 19.8 Å². The van der Waals surface area contributed by atoms with Crippen LogP contribution in [0.4, 0.5) is 17.3 Å². The van der Waals surface area contributed by atoms with Gasteiger partial charge in [-0.05, 0) is 30.3 Å². The van der Waals surface area contributed by atoms with Crippen molar-refractivity contribution in [2.24, 2.45) is 0 Å². The molecule has 0 spiro atoms. The topological polar surface area (TPSA) is 89.3 Å². The number of benzene rings is 1. The van der Waals surface area contributed by atoms with Crippen molar-refractivity contribution >= 4 is 34.9 Å². The molecule has 25 heavy (non-hydrogen) atoms. The Balaban J connectivity index is 1.74. The summed E-state index contributed by atoms with van der Waals surface area (Å²) in [7, 11) is 1.32. The van der Waals surface area contributed by atoms with Crippen LogP contribution >= 0.6 is 11.6 Å². The average molecular weight is 359 g/mol. The van der Waals surface area contributed by atoms with Crippen LogP contribution in [0.3, 0.4) is 0 Å². The number of furan rings is 1. The molecule has 0 radical (unpaired) electrons. The number of nitrogens with one attached hydrogen (secondary N) is 2. The Labute approximate surface area is 149 Å². The van der Waals surface area contributed by atoms with Crippen LogP contribution in [-0.4, -0.2) is 23.0 Å². The van der Waals surface area contributed by atoms with Crippen LogP contribution in [0.2, 0.25) is 5.02 Å². The molecule has 0 aliphatic carbocycles. The highest BCUT2D eigenvalue weighted by molar-refractivity contribution is 6.33. The van der Waals surface area contributed by atoms with Crippen LogP contribution in [0.25, 0.3) is 0 Å². The molecule has 0 fully saturated rings. The minimum atomic E-state index is -0.441. The third kappa shape index (κ3) is 4.27. The predicted octanol–water partition coefficient (Wildman–Crippen LogP) is 3.87. The Kier molecular flexibility index (Phi) is 5.15. The molecular weight excluding hydrogens is 344 g/mol. The molecule has 2 N–H and O–H groups in total. The first-order valence-corrected chi connectivity index (χ1v) is 7.76. The number of rotatable bonds is 6. The molecule has 0 bridgehead atoms. The molecule has 1 aromatic carbocycles. The van der Waals surface area contributed by atoms with Crippen molar-refractivity contribution in [2.45, 2.75) is 6.54 Å². The lowest BCUT2D eigenvalue weighted by Gasteiger charge is -2.10. The van der Waals surface area contributed by atoms with Crippen molar-refractivity contribution in [1.29, 1.82) is 0 Å². The lowest BCUT2D eigenvalue weighted by Crippen LogP contribution is -2.04. The van der Waals surface area contributed by atoms with Gasteiger partial charge in [0.2, 0.25) is 0 Å². The van der Waals surface area contributed by atoms with Crippen LogP contribution in [0, 0.1) is 0 Å². The molecule has 0 saturated heterocycles. The Morgan fingerprint density at radius 2 is 2.08 bits per heavy atom. The van der Waals surface area contributed by atoms with E-state index in [-0.39, 0.29) is 0 Å². The lowest BCUT2D eigenvalue weighted by atomic mass is 10.2. The van der Waals surface area contributed by atoms with E-state index >= 15 is 0 Å². The van der Waals surface area contributed by atoms with E-state index in [0.717, 1.165) is 5.76 Å². The summed E-state index contributed by atoms with van der Waals surface area (Å²) in [5, 5.41) is 6.66. The highest BCUT2D eigenvalue weighted by atomic mass is 35.5. The quantitative estimate of drug-likeness (QED) is 0.646. The van der Waals surface area contributed by atoms with Gasteiger partial charge in [0, 0.05) is 6.07 Å². The fraction of sp³-hybridized carbons (Fsp3) is 0.118. The van der Waals surface area contributed by atoms with Gasteiger partial charge in [-0.15, -0.1) is 0 Å². The minimum Gasteiger partial charge on any atom is -0.467 e. The molecule has 0 saturated carbocycles. The average Bonchev–Trinajstić information content (AvgIpc) is 3.15. The number of ether oxygens (including phenoxy) is 1. The SMILES string of the molecule is COC(=O)c1ccc(Cl)c(Nc2cc(NCc3ccco3)ncn2)c1. The van der Waals surface area contributed by atoms with E-state index in [2.05, 4.69) is 20.6 Å². The monoisotopic (exact) mass is 358 g/mol. The van der Waals surface area contributed by atoms with E-state index in [1.165, 1.54) is 13.4 Å². The van der Waals surface area contributed by atoms with Crippen LogP contribution in [0.1, 0.15) is 16.1 Å². The highest BCUT2D eigenvalue weighted by Gasteiger charge is 2.10. The third-order valence-electron chi connectivity index (χ3n) is 3.34. The Hall–Kier alpha value is -3.06. The van der Waals surface area contributed by atoms with Gasteiger partial charge in [-0.1, -0.05) is 11.6 Å². The summed E-state index contributed by atoms with van der Waals surface area (Å²) in [6, 6.07) is 10.2. The second kappa shape index (κ2) is 7.67. The number of hydrogen-bond donors (Lipinski definition) is 2. The van der Waals surface area contributed by atoms with Crippen LogP contribution in [-0.2, 0) is 11.3 Å². The third-order valence-corrected chi connectivity index (χ3v) is 3.67. The number of carbonyl (C=O) groups is 1. The molecule has 3 aromatic rings. The minimum absolute atomic E-state index is 0.389. The van der Waals surface area contributed by atoms with Crippen LogP contribution < -0.4 is 10.6 Å². The van der Waals surface area contributed by atoms with Gasteiger partial charge in [0.25, 0.3) is 0 Å². The first-order chi connectivity index (χ1) is 12.2. The summed E-state index contributed by atoms with van der Waals surface area (Å²) in [5.41, 5.74) is 0.930. The van der Waals surface area contributed by atoms with Gasteiger partial charge in [0.05, 0.1) is 36.2 Å². The van der Waals surface area contributed by atoms with E-state index in [1.54, 1.807) is 30.5 Å². The van der Waals surface area contributed by atoms with Gasteiger partial charge in [-0.3, -0.25) is 0 Å². The van der Waals surface area contributed by atoms with Crippen LogP contribution in [0.15, 0.2) is 53.4 Å². The zero-order valence-corrected chi connectivity index (χ0v) is 14.1. The Morgan fingerprint density at radius 3 is 2.84 bits per heavy atom. The molecule has 8 heteroatoms. The molecular formula is C17H15ClN4O3. The van der Waals surface area contributed by atoms with Gasteiger partial charge >= 0.3 is 5.97 Å². The maximum Gasteiger partial charge on any atom is 0.337 e. The van der Waals surface area contributed by atoms with E-state index in [1.807, 2.05) is 12.1 Å². The van der Waals surface area contributed by atoms with Gasteiger partial charge in [-0.2, -0.15) is 0 Å². The number of aromatic nitrogens is 2. The Morgan fingerprint density at radius 1 is 1.24 bits per heavy atom. The maximum atomic E-state index is 11.6. The van der Waals surface area contributed by atoms with Crippen molar-refractivity contribution in [3.05, 3.63) is 65.3 Å². The summed E-state index contributed by atoms with van der Waals surface area (Å²) >= 11 is 6.18. The normalized spacial score (nSPS) is 10.3. The highest BCUT2D eigenvalue weighted by Crippen LogP contribution is 2.26. The molecule has 2 heterocycles. The summed E-state index contributed by atoms with van der Waals surface area (Å²) in [6.45, 7) is 0.502. The van der Waals surface area contributed by atoms with Gasteiger partial charge in [0.1, 0.15) is 23.7 Å². The maximum absolute atomic E-state index is 11.6. The molecule has 0 unspecified atom stereocenters. The number of hydrogen-bond acceptors (Lipinski definition) is 7. The van der Waals surface area contributed by atoms with Crippen molar-refractivity contribution in [3.63, 3.8) is 0 Å². The lowest BCUT2D eigenvalue weighted by molar-refractivity contribution is 0.0601. The molecule has 7 nitrogen and oxygen atoms in total. The first-order valence-electron chi connectivity index (χ1n) is 7.39. The molecule has 128 valence electrons. The smallest absolute Gasteiger partial charge is 0.337 e. The zero-order valence-electron chi connectivity index (χ0n) is 13.3. The number of halogens is 1. The molecule has 0 aliphatic rings. The van der Waals surface area contributed by atoms with E-state index < -0.39 is 5.97 Å². The van der Waals surface area contributed by atoms with E-state index in [9.17, 15) is 4.79 Å². The summed E-state index contributed by atoms with van der Waals surface area (Å²) in [4.78, 5) is 19.9. The second-order valence-corrected chi connectivity index (χ2v) is 5.44. The fourth-order valence-electron chi connectivity index (χ4n) is 2.12. The van der Waals surface area contributed by atoms with Crippen molar-refractivity contribution in [2.75, 3.05) is 17.7 Å². The molecule has 0 aliphatic heterocycles. The number of methoxy groups -OCH3 is 1. The first kappa shape index (κ1) is 16.8. The number of esters is 1. The van der Waals surface area contributed by atoms with Crippen molar-refractivity contribution < 1.29 is 13.9 Å². The molecule has 0 atom stereocenters. The van der Waals surface area contributed by atoms with Crippen molar-refractivity contribution in [3.8, 4) is 0 Å². The van der Waals surface area contributed by atoms with E-state index in [4.69, 9.17) is 20.8 Å². The van der Waals surface area contributed by atoms with Crippen molar-refractivity contribution in [1.82, 2.24) is 9.97 Å². The summed E-state index contributed by atoms with van der Waals surface area (Å²) in [5.74, 6) is 1.50. The van der Waals surface area contributed by atoms with Gasteiger partial charge in [-0.25, -0.2) is 14.8 Å². The summed E-state index contributed by atoms with van der Waals surface area (Å²) in [6.07, 6.45) is 3.03. The number of carbonyl (C=O) groups excluding carboxylic acids is 1.